The van der Waals surface area contributed by atoms with Crippen molar-refractivity contribution in [2.24, 2.45) is 0 Å². The SMILES string of the molecule is COc1ccc(S(=O)(=O)N(CC(=O)N[C@@H](C)c2ccc(OC)c(OC)c2)Cc2ccccc2)cc1C. The Balaban J connectivity index is 1.85. The number of methoxy groups -OCH3 is 3. The van der Waals surface area contributed by atoms with Crippen LogP contribution in [0.2, 0.25) is 0 Å². The molecule has 0 radical (unpaired) electrons. The first-order valence-electron chi connectivity index (χ1n) is 11.4. The summed E-state index contributed by atoms with van der Waals surface area (Å²) in [4.78, 5) is 13.2. The van der Waals surface area contributed by atoms with Gasteiger partial charge in [-0.2, -0.15) is 4.31 Å². The number of carbonyl (C=O) groups is 1. The monoisotopic (exact) mass is 512 g/mol. The average molecular weight is 513 g/mol. The van der Waals surface area contributed by atoms with Crippen LogP contribution in [0.3, 0.4) is 0 Å². The van der Waals surface area contributed by atoms with Crippen LogP contribution in [0.4, 0.5) is 0 Å². The smallest absolute Gasteiger partial charge is 0.243 e. The Morgan fingerprint density at radius 3 is 2.14 bits per heavy atom. The molecule has 0 bridgehead atoms. The molecular weight excluding hydrogens is 480 g/mol. The fourth-order valence-electron chi connectivity index (χ4n) is 3.83. The molecule has 3 rings (SSSR count). The molecule has 0 heterocycles. The van der Waals surface area contributed by atoms with Crippen LogP contribution in [0, 0.1) is 6.92 Å². The van der Waals surface area contributed by atoms with Gasteiger partial charge in [-0.25, -0.2) is 8.42 Å². The summed E-state index contributed by atoms with van der Waals surface area (Å²) in [6.45, 7) is 3.30. The summed E-state index contributed by atoms with van der Waals surface area (Å²) < 4.78 is 44.3. The maximum Gasteiger partial charge on any atom is 0.243 e. The van der Waals surface area contributed by atoms with Gasteiger partial charge in [0.25, 0.3) is 0 Å². The van der Waals surface area contributed by atoms with Crippen LogP contribution in [0.5, 0.6) is 17.2 Å². The van der Waals surface area contributed by atoms with Gasteiger partial charge in [0.1, 0.15) is 5.75 Å². The second kappa shape index (κ2) is 11.9. The van der Waals surface area contributed by atoms with E-state index >= 15 is 0 Å². The Labute approximate surface area is 212 Å². The van der Waals surface area contributed by atoms with Crippen molar-refractivity contribution in [3.63, 3.8) is 0 Å². The summed E-state index contributed by atoms with van der Waals surface area (Å²) in [6, 6.07) is 18.8. The first kappa shape index (κ1) is 27.0. The number of hydrogen-bond donors (Lipinski definition) is 1. The standard InChI is InChI=1S/C27H32N2O6S/c1-19-15-23(12-14-24(19)33-3)36(31,32)29(17-21-9-7-6-8-10-21)18-27(30)28-20(2)22-11-13-25(34-4)26(16-22)35-5/h6-16,20H,17-18H2,1-5H3,(H,28,30)/t20-/m0/s1. The lowest BCUT2D eigenvalue weighted by Crippen LogP contribution is -2.41. The van der Waals surface area contributed by atoms with E-state index in [1.807, 2.05) is 43.3 Å². The molecule has 0 aliphatic heterocycles. The molecule has 9 heteroatoms. The fourth-order valence-corrected chi connectivity index (χ4v) is 5.30. The summed E-state index contributed by atoms with van der Waals surface area (Å²) in [6.07, 6.45) is 0. The van der Waals surface area contributed by atoms with Crippen molar-refractivity contribution in [2.45, 2.75) is 31.3 Å². The van der Waals surface area contributed by atoms with E-state index in [-0.39, 0.29) is 24.0 Å². The molecule has 1 amide bonds. The third-order valence-corrected chi connectivity index (χ3v) is 7.60. The van der Waals surface area contributed by atoms with E-state index in [0.717, 1.165) is 11.1 Å². The quantitative estimate of drug-likeness (QED) is 0.416. The molecule has 36 heavy (non-hydrogen) atoms. The lowest BCUT2D eigenvalue weighted by atomic mass is 10.1. The molecule has 0 saturated heterocycles. The zero-order chi connectivity index (χ0) is 26.3. The third kappa shape index (κ3) is 6.35. The molecule has 192 valence electrons. The molecule has 0 saturated carbocycles. The van der Waals surface area contributed by atoms with Gasteiger partial charge in [-0.1, -0.05) is 36.4 Å². The lowest BCUT2D eigenvalue weighted by Gasteiger charge is -2.24. The Morgan fingerprint density at radius 2 is 1.53 bits per heavy atom. The van der Waals surface area contributed by atoms with Crippen LogP contribution in [-0.4, -0.2) is 46.5 Å². The zero-order valence-electron chi connectivity index (χ0n) is 21.1. The van der Waals surface area contributed by atoms with Crippen molar-refractivity contribution in [3.8, 4) is 17.2 Å². The molecule has 0 aliphatic rings. The van der Waals surface area contributed by atoms with Crippen LogP contribution >= 0.6 is 0 Å². The highest BCUT2D eigenvalue weighted by molar-refractivity contribution is 7.89. The molecule has 0 unspecified atom stereocenters. The molecule has 3 aromatic rings. The van der Waals surface area contributed by atoms with Gasteiger partial charge >= 0.3 is 0 Å². The van der Waals surface area contributed by atoms with Gasteiger partial charge in [0.2, 0.25) is 15.9 Å². The number of benzene rings is 3. The number of nitrogens with one attached hydrogen (secondary N) is 1. The van der Waals surface area contributed by atoms with E-state index in [1.54, 1.807) is 38.3 Å². The van der Waals surface area contributed by atoms with Crippen molar-refractivity contribution >= 4 is 15.9 Å². The van der Waals surface area contributed by atoms with Crippen LogP contribution in [-0.2, 0) is 21.4 Å². The average Bonchev–Trinajstić information content (AvgIpc) is 2.88. The van der Waals surface area contributed by atoms with Crippen molar-refractivity contribution in [3.05, 3.63) is 83.4 Å². The van der Waals surface area contributed by atoms with E-state index in [4.69, 9.17) is 14.2 Å². The second-order valence-corrected chi connectivity index (χ2v) is 10.2. The van der Waals surface area contributed by atoms with Crippen LogP contribution in [0.1, 0.15) is 29.7 Å². The highest BCUT2D eigenvalue weighted by Crippen LogP contribution is 2.30. The summed E-state index contributed by atoms with van der Waals surface area (Å²) in [5.41, 5.74) is 2.25. The van der Waals surface area contributed by atoms with Gasteiger partial charge in [-0.15, -0.1) is 0 Å². The molecule has 1 N–H and O–H groups in total. The molecule has 0 aliphatic carbocycles. The van der Waals surface area contributed by atoms with E-state index in [9.17, 15) is 13.2 Å². The van der Waals surface area contributed by atoms with Crippen molar-refractivity contribution < 1.29 is 27.4 Å². The minimum atomic E-state index is -3.98. The van der Waals surface area contributed by atoms with Gasteiger partial charge < -0.3 is 19.5 Å². The largest absolute Gasteiger partial charge is 0.496 e. The molecule has 3 aromatic carbocycles. The van der Waals surface area contributed by atoms with Crippen LogP contribution in [0.25, 0.3) is 0 Å². The number of sulfonamides is 1. The van der Waals surface area contributed by atoms with Crippen molar-refractivity contribution in [2.75, 3.05) is 27.9 Å². The number of carbonyl (C=O) groups excluding carboxylic acids is 1. The Bertz CT molecular complexity index is 1290. The Kier molecular flexibility index (Phi) is 8.95. The van der Waals surface area contributed by atoms with Gasteiger partial charge in [0.15, 0.2) is 11.5 Å². The predicted molar refractivity (Wildman–Crippen MR) is 138 cm³/mol. The van der Waals surface area contributed by atoms with E-state index < -0.39 is 15.9 Å². The maximum absolute atomic E-state index is 13.6. The molecule has 0 spiro atoms. The van der Waals surface area contributed by atoms with Gasteiger partial charge in [-0.05, 0) is 60.9 Å². The van der Waals surface area contributed by atoms with Crippen LogP contribution < -0.4 is 19.5 Å². The van der Waals surface area contributed by atoms with Crippen molar-refractivity contribution in [1.29, 1.82) is 0 Å². The molecular formula is C27H32N2O6S. The van der Waals surface area contributed by atoms with E-state index in [1.165, 1.54) is 24.6 Å². The van der Waals surface area contributed by atoms with Gasteiger partial charge in [0, 0.05) is 6.54 Å². The highest BCUT2D eigenvalue weighted by Gasteiger charge is 2.28. The fraction of sp³-hybridized carbons (Fsp3) is 0.296. The summed E-state index contributed by atoms with van der Waals surface area (Å²) >= 11 is 0. The van der Waals surface area contributed by atoms with Crippen molar-refractivity contribution in [1.82, 2.24) is 9.62 Å². The topological polar surface area (TPSA) is 94.2 Å². The van der Waals surface area contributed by atoms with E-state index in [0.29, 0.717) is 22.8 Å². The Hall–Kier alpha value is -3.56. The first-order chi connectivity index (χ1) is 17.2. The minimum Gasteiger partial charge on any atom is -0.496 e. The maximum atomic E-state index is 13.6. The molecule has 8 nitrogen and oxygen atoms in total. The zero-order valence-corrected chi connectivity index (χ0v) is 22.0. The molecule has 0 aromatic heterocycles. The number of nitrogens with zero attached hydrogens (tertiary/aromatic N) is 1. The van der Waals surface area contributed by atoms with Gasteiger partial charge in [-0.3, -0.25) is 4.79 Å². The number of ether oxygens (including phenoxy) is 3. The summed E-state index contributed by atoms with van der Waals surface area (Å²) in [5, 5.41) is 2.89. The summed E-state index contributed by atoms with van der Waals surface area (Å²) in [5.74, 6) is 1.28. The molecule has 0 fully saturated rings. The Morgan fingerprint density at radius 1 is 0.889 bits per heavy atom. The number of aryl methyl sites for hydroxylation is 1. The number of rotatable bonds is 11. The van der Waals surface area contributed by atoms with Crippen LogP contribution in [0.15, 0.2) is 71.6 Å². The van der Waals surface area contributed by atoms with Gasteiger partial charge in [0.05, 0.1) is 38.8 Å². The summed E-state index contributed by atoms with van der Waals surface area (Å²) in [7, 11) is 0.639. The van der Waals surface area contributed by atoms with E-state index in [2.05, 4.69) is 5.32 Å². The predicted octanol–water partition coefficient (Wildman–Crippen LogP) is 4.09. The number of hydrogen-bond acceptors (Lipinski definition) is 6. The highest BCUT2D eigenvalue weighted by atomic mass is 32.2. The minimum absolute atomic E-state index is 0.0480. The lowest BCUT2D eigenvalue weighted by molar-refractivity contribution is -0.122. The normalized spacial score (nSPS) is 12.2. The molecule has 1 atom stereocenters. The third-order valence-electron chi connectivity index (χ3n) is 5.81. The first-order valence-corrected chi connectivity index (χ1v) is 12.8. The number of amides is 1. The second-order valence-electron chi connectivity index (χ2n) is 8.29.